The van der Waals surface area contributed by atoms with Gasteiger partial charge < -0.3 is 15.7 Å². The van der Waals surface area contributed by atoms with Crippen molar-refractivity contribution < 1.29 is 9.94 Å². The van der Waals surface area contributed by atoms with Gasteiger partial charge >= 0.3 is 0 Å². The Balaban J connectivity index is 2.53. The highest BCUT2D eigenvalue weighted by Gasteiger charge is 2.16. The monoisotopic (exact) mass is 315 g/mol. The number of nitrogens with two attached hydrogens (primary N) is 1. The molecule has 0 radical (unpaired) electrons. The highest BCUT2D eigenvalue weighted by atomic mass is 35.5. The molecule has 1 aromatic heterocycles. The summed E-state index contributed by atoms with van der Waals surface area (Å²) in [6.45, 7) is 0. The molecule has 0 saturated heterocycles. The zero-order chi connectivity index (χ0) is 14.9. The van der Waals surface area contributed by atoms with Gasteiger partial charge in [-0.2, -0.15) is 4.98 Å². The topological polar surface area (TPSA) is 127 Å². The standard InChI is InChI=1S/C10H7Cl2N5O3/c11-4-1-2-6(5(12)3-4)20-9-7(16-18)8(13)17(19)10(14)15-9/h1-3,13,19H,(H2,14,15). The Bertz CT molecular complexity index is 746. The fourth-order valence-corrected chi connectivity index (χ4v) is 1.78. The van der Waals surface area contributed by atoms with E-state index in [2.05, 4.69) is 10.2 Å². The molecule has 1 aromatic carbocycles. The minimum absolute atomic E-state index is 0.142. The van der Waals surface area contributed by atoms with E-state index in [1.807, 2.05) is 0 Å². The highest BCUT2D eigenvalue weighted by molar-refractivity contribution is 6.35. The fourth-order valence-electron chi connectivity index (χ4n) is 1.34. The predicted molar refractivity (Wildman–Crippen MR) is 71.7 cm³/mol. The van der Waals surface area contributed by atoms with E-state index >= 15 is 0 Å². The first kappa shape index (κ1) is 14.1. The third kappa shape index (κ3) is 2.51. The molecular weight excluding hydrogens is 309 g/mol. The van der Waals surface area contributed by atoms with Gasteiger partial charge in [-0.05, 0) is 23.4 Å². The van der Waals surface area contributed by atoms with Gasteiger partial charge in [-0.3, -0.25) is 5.41 Å². The summed E-state index contributed by atoms with van der Waals surface area (Å²) in [5, 5.41) is 20.0. The average molecular weight is 316 g/mol. The zero-order valence-corrected chi connectivity index (χ0v) is 11.2. The van der Waals surface area contributed by atoms with E-state index in [9.17, 15) is 10.1 Å². The molecule has 0 aliphatic heterocycles. The molecule has 0 atom stereocenters. The number of benzene rings is 1. The number of aromatic nitrogens is 2. The number of nitroso groups, excluding NO2 is 1. The number of halogens is 2. The zero-order valence-electron chi connectivity index (χ0n) is 9.67. The number of nitrogens with one attached hydrogen (secondary N) is 1. The van der Waals surface area contributed by atoms with E-state index in [1.165, 1.54) is 18.2 Å². The van der Waals surface area contributed by atoms with Crippen LogP contribution < -0.4 is 16.0 Å². The highest BCUT2D eigenvalue weighted by Crippen LogP contribution is 2.33. The average Bonchev–Trinajstić information content (AvgIpc) is 2.40. The maximum atomic E-state index is 10.7. The SMILES string of the molecule is N=c1c(N=O)c(Oc2ccc(Cl)cc2Cl)nc(N)n1O. The van der Waals surface area contributed by atoms with E-state index in [-0.39, 0.29) is 21.4 Å². The lowest BCUT2D eigenvalue weighted by Crippen LogP contribution is -2.22. The van der Waals surface area contributed by atoms with Crippen molar-refractivity contribution in [3.05, 3.63) is 38.6 Å². The van der Waals surface area contributed by atoms with Crippen LogP contribution in [-0.2, 0) is 0 Å². The van der Waals surface area contributed by atoms with Gasteiger partial charge in [-0.25, -0.2) is 0 Å². The van der Waals surface area contributed by atoms with Gasteiger partial charge in [0.25, 0.3) is 5.88 Å². The molecular formula is C10H7Cl2N5O3. The normalized spacial score (nSPS) is 10.3. The molecule has 20 heavy (non-hydrogen) atoms. The molecule has 0 unspecified atom stereocenters. The molecule has 4 N–H and O–H groups in total. The van der Waals surface area contributed by atoms with Crippen LogP contribution >= 0.6 is 23.2 Å². The second kappa shape index (κ2) is 5.35. The van der Waals surface area contributed by atoms with Crippen molar-refractivity contribution in [2.75, 3.05) is 5.73 Å². The Kier molecular flexibility index (Phi) is 3.77. The molecule has 1 heterocycles. The van der Waals surface area contributed by atoms with Gasteiger partial charge in [0, 0.05) is 5.02 Å². The van der Waals surface area contributed by atoms with E-state index < -0.39 is 17.1 Å². The van der Waals surface area contributed by atoms with Crippen molar-refractivity contribution in [2.45, 2.75) is 0 Å². The largest absolute Gasteiger partial charge is 0.435 e. The summed E-state index contributed by atoms with van der Waals surface area (Å²) in [4.78, 5) is 14.4. The molecule has 8 nitrogen and oxygen atoms in total. The minimum atomic E-state index is -0.660. The van der Waals surface area contributed by atoms with Crippen molar-refractivity contribution in [3.63, 3.8) is 0 Å². The summed E-state index contributed by atoms with van der Waals surface area (Å²) < 4.78 is 5.48. The number of rotatable bonds is 3. The fraction of sp³-hybridized carbons (Fsp3) is 0. The maximum absolute atomic E-state index is 10.7. The first-order valence-corrected chi connectivity index (χ1v) is 5.82. The van der Waals surface area contributed by atoms with Gasteiger partial charge in [0.1, 0.15) is 5.75 Å². The van der Waals surface area contributed by atoms with E-state index in [0.29, 0.717) is 5.02 Å². The van der Waals surface area contributed by atoms with Crippen LogP contribution in [0.5, 0.6) is 11.6 Å². The predicted octanol–water partition coefficient (Wildman–Crippen LogP) is 2.68. The Morgan fingerprint density at radius 3 is 2.75 bits per heavy atom. The van der Waals surface area contributed by atoms with Gasteiger partial charge in [0.15, 0.2) is 5.49 Å². The number of hydrogen-bond donors (Lipinski definition) is 3. The van der Waals surface area contributed by atoms with Gasteiger partial charge in [0.2, 0.25) is 11.6 Å². The molecule has 0 bridgehead atoms. The molecule has 0 fully saturated rings. The summed E-state index contributed by atoms with van der Waals surface area (Å²) in [5.41, 5.74) is 4.18. The van der Waals surface area contributed by atoms with Gasteiger partial charge in [-0.1, -0.05) is 23.2 Å². The molecule has 0 saturated carbocycles. The van der Waals surface area contributed by atoms with Crippen molar-refractivity contribution in [3.8, 4) is 11.6 Å². The number of anilines is 1. The van der Waals surface area contributed by atoms with Crippen LogP contribution in [0.15, 0.2) is 23.4 Å². The van der Waals surface area contributed by atoms with Gasteiger partial charge in [-0.15, -0.1) is 9.64 Å². The van der Waals surface area contributed by atoms with Crippen LogP contribution in [0.3, 0.4) is 0 Å². The number of hydrogen-bond acceptors (Lipinski definition) is 7. The van der Waals surface area contributed by atoms with E-state index in [0.717, 1.165) is 0 Å². The first-order chi connectivity index (χ1) is 9.43. The molecule has 2 rings (SSSR count). The summed E-state index contributed by atoms with van der Waals surface area (Å²) >= 11 is 11.6. The lowest BCUT2D eigenvalue weighted by Gasteiger charge is -2.10. The maximum Gasteiger partial charge on any atom is 0.256 e. The minimum Gasteiger partial charge on any atom is -0.435 e. The van der Waals surface area contributed by atoms with E-state index in [4.69, 9.17) is 39.1 Å². The number of nitrogen functional groups attached to an aromatic ring is 1. The quantitative estimate of drug-likeness (QED) is 0.592. The van der Waals surface area contributed by atoms with Crippen LogP contribution in [0.25, 0.3) is 0 Å². The second-order valence-electron chi connectivity index (χ2n) is 3.55. The van der Waals surface area contributed by atoms with E-state index in [1.54, 1.807) is 0 Å². The summed E-state index contributed by atoms with van der Waals surface area (Å²) in [5.74, 6) is -0.650. The smallest absolute Gasteiger partial charge is 0.256 e. The van der Waals surface area contributed by atoms with Crippen LogP contribution in [-0.4, -0.2) is 14.9 Å². The summed E-state index contributed by atoms with van der Waals surface area (Å²) in [7, 11) is 0. The number of ether oxygens (including phenoxy) is 1. The van der Waals surface area contributed by atoms with Crippen LogP contribution in [0.4, 0.5) is 11.6 Å². The third-order valence-corrected chi connectivity index (χ3v) is 2.79. The summed E-state index contributed by atoms with van der Waals surface area (Å²) in [6.07, 6.45) is 0. The second-order valence-corrected chi connectivity index (χ2v) is 4.40. The molecule has 0 spiro atoms. The van der Waals surface area contributed by atoms with Crippen molar-refractivity contribution in [2.24, 2.45) is 5.18 Å². The van der Waals surface area contributed by atoms with Crippen molar-refractivity contribution in [1.29, 1.82) is 5.41 Å². The Morgan fingerprint density at radius 2 is 2.15 bits per heavy atom. The Morgan fingerprint density at radius 1 is 1.45 bits per heavy atom. The molecule has 2 aromatic rings. The van der Waals surface area contributed by atoms with Gasteiger partial charge in [0.05, 0.1) is 5.02 Å². The molecule has 0 aliphatic rings. The third-order valence-electron chi connectivity index (χ3n) is 2.26. The molecule has 104 valence electrons. The van der Waals surface area contributed by atoms with Crippen molar-refractivity contribution >= 4 is 34.8 Å². The molecule has 0 aliphatic carbocycles. The van der Waals surface area contributed by atoms with Crippen LogP contribution in [0.2, 0.25) is 10.0 Å². The number of nitrogens with zero attached hydrogens (tertiary/aromatic N) is 3. The first-order valence-electron chi connectivity index (χ1n) is 5.06. The van der Waals surface area contributed by atoms with Crippen molar-refractivity contribution in [1.82, 2.24) is 9.71 Å². The lowest BCUT2D eigenvalue weighted by atomic mass is 10.3. The molecule has 10 heteroatoms. The molecule has 0 amide bonds. The lowest BCUT2D eigenvalue weighted by molar-refractivity contribution is 0.173. The van der Waals surface area contributed by atoms with Crippen LogP contribution in [0.1, 0.15) is 0 Å². The Hall–Kier alpha value is -2.32. The summed E-state index contributed by atoms with van der Waals surface area (Å²) in [6, 6.07) is 4.38. The van der Waals surface area contributed by atoms with Crippen LogP contribution in [0, 0.1) is 10.3 Å². The Labute approximate surface area is 121 Å².